The fourth-order valence-electron chi connectivity index (χ4n) is 2.40. The monoisotopic (exact) mass is 604 g/mol. The summed E-state index contributed by atoms with van der Waals surface area (Å²) >= 11 is 18.0. The van der Waals surface area contributed by atoms with Gasteiger partial charge >= 0.3 is 6.18 Å². The SMILES string of the molecule is FC(F)(F)c1ccc(CNCCCCOc2c(Br)cc(OCC=C(Cl)Cl)cc2Br)nc1. The summed E-state index contributed by atoms with van der Waals surface area (Å²) in [5.74, 6) is 1.29. The number of halogens is 7. The first-order valence-electron chi connectivity index (χ1n) is 9.15. The van der Waals surface area contributed by atoms with Crippen molar-refractivity contribution in [3.05, 3.63) is 61.2 Å². The van der Waals surface area contributed by atoms with Gasteiger partial charge in [0.1, 0.15) is 22.6 Å². The minimum Gasteiger partial charge on any atom is -0.491 e. The molecule has 2 rings (SSSR count). The zero-order valence-corrected chi connectivity index (χ0v) is 20.8. The van der Waals surface area contributed by atoms with E-state index in [1.807, 2.05) is 0 Å². The molecular formula is C20H19Br2Cl2F3N2O2. The van der Waals surface area contributed by atoms with Gasteiger partial charge in [0.05, 0.1) is 26.8 Å². The predicted octanol–water partition coefficient (Wildman–Crippen LogP) is 7.27. The molecule has 1 aromatic carbocycles. The highest BCUT2D eigenvalue weighted by Gasteiger charge is 2.30. The quantitative estimate of drug-likeness (QED) is 0.273. The van der Waals surface area contributed by atoms with E-state index in [0.717, 1.165) is 34.1 Å². The highest BCUT2D eigenvalue weighted by atomic mass is 79.9. The minimum atomic E-state index is -4.37. The van der Waals surface area contributed by atoms with Gasteiger partial charge in [-0.3, -0.25) is 4.98 Å². The Balaban J connectivity index is 1.68. The molecule has 2 aromatic rings. The minimum absolute atomic E-state index is 0.142. The highest BCUT2D eigenvalue weighted by molar-refractivity contribution is 9.11. The Morgan fingerprint density at radius 2 is 1.81 bits per heavy atom. The summed E-state index contributed by atoms with van der Waals surface area (Å²) in [5.41, 5.74) is -0.190. The van der Waals surface area contributed by atoms with Gasteiger partial charge < -0.3 is 14.8 Å². The van der Waals surface area contributed by atoms with Crippen LogP contribution >= 0.6 is 55.1 Å². The van der Waals surface area contributed by atoms with Crippen molar-refractivity contribution in [3.8, 4) is 11.5 Å². The summed E-state index contributed by atoms with van der Waals surface area (Å²) in [4.78, 5) is 3.83. The molecule has 1 aromatic heterocycles. The Labute approximate surface area is 205 Å². The van der Waals surface area contributed by atoms with E-state index >= 15 is 0 Å². The Morgan fingerprint density at radius 1 is 1.10 bits per heavy atom. The van der Waals surface area contributed by atoms with Gasteiger partial charge in [-0.25, -0.2) is 0 Å². The smallest absolute Gasteiger partial charge is 0.417 e. The first-order valence-corrected chi connectivity index (χ1v) is 11.5. The van der Waals surface area contributed by atoms with Crippen LogP contribution in [0.5, 0.6) is 11.5 Å². The summed E-state index contributed by atoms with van der Waals surface area (Å²) in [6.45, 7) is 1.85. The lowest BCUT2D eigenvalue weighted by Gasteiger charge is -2.13. The molecule has 0 unspecified atom stereocenters. The lowest BCUT2D eigenvalue weighted by molar-refractivity contribution is -0.137. The van der Waals surface area contributed by atoms with Crippen LogP contribution in [0.25, 0.3) is 0 Å². The van der Waals surface area contributed by atoms with E-state index in [2.05, 4.69) is 42.2 Å². The fourth-order valence-corrected chi connectivity index (χ4v) is 3.90. The second-order valence-electron chi connectivity index (χ2n) is 6.29. The van der Waals surface area contributed by atoms with Crippen LogP contribution in [0.1, 0.15) is 24.1 Å². The number of unbranched alkanes of at least 4 members (excludes halogenated alkanes) is 1. The number of aromatic nitrogens is 1. The molecule has 170 valence electrons. The molecule has 1 N–H and O–H groups in total. The average Bonchev–Trinajstić information content (AvgIpc) is 2.68. The Hall–Kier alpha value is -1.000. The van der Waals surface area contributed by atoms with Crippen LogP contribution in [-0.4, -0.2) is 24.7 Å². The van der Waals surface area contributed by atoms with Crippen LogP contribution in [-0.2, 0) is 12.7 Å². The van der Waals surface area contributed by atoms with Crippen molar-refractivity contribution >= 4 is 55.1 Å². The summed E-state index contributed by atoms with van der Waals surface area (Å²) in [6.07, 6.45) is -0.351. The molecule has 0 fully saturated rings. The Bertz CT molecular complexity index is 855. The Morgan fingerprint density at radius 3 is 2.39 bits per heavy atom. The van der Waals surface area contributed by atoms with Gasteiger partial charge in [-0.2, -0.15) is 13.2 Å². The lowest BCUT2D eigenvalue weighted by atomic mass is 10.2. The van der Waals surface area contributed by atoms with Crippen molar-refractivity contribution in [2.75, 3.05) is 19.8 Å². The molecule has 0 amide bonds. The van der Waals surface area contributed by atoms with Gasteiger partial charge in [0.25, 0.3) is 0 Å². The Kier molecular flexibility index (Phi) is 10.9. The maximum atomic E-state index is 12.5. The van der Waals surface area contributed by atoms with Crippen molar-refractivity contribution < 1.29 is 22.6 Å². The lowest BCUT2D eigenvalue weighted by Crippen LogP contribution is -2.16. The molecule has 0 aliphatic rings. The fraction of sp³-hybridized carbons (Fsp3) is 0.350. The number of nitrogens with zero attached hydrogens (tertiary/aromatic N) is 1. The second kappa shape index (κ2) is 12.9. The molecular weight excluding hydrogens is 588 g/mol. The van der Waals surface area contributed by atoms with Crippen LogP contribution in [0.15, 0.2) is 50.0 Å². The van der Waals surface area contributed by atoms with Crippen molar-refractivity contribution in [2.45, 2.75) is 25.6 Å². The molecule has 11 heteroatoms. The zero-order chi connectivity index (χ0) is 22.9. The third-order valence-electron chi connectivity index (χ3n) is 3.91. The third kappa shape index (κ3) is 9.57. The van der Waals surface area contributed by atoms with Gasteiger partial charge in [-0.05, 0) is 81.6 Å². The predicted molar refractivity (Wildman–Crippen MR) is 123 cm³/mol. The van der Waals surface area contributed by atoms with E-state index in [-0.39, 0.29) is 11.1 Å². The summed E-state index contributed by atoms with van der Waals surface area (Å²) in [6, 6.07) is 5.99. The van der Waals surface area contributed by atoms with Gasteiger partial charge in [-0.15, -0.1) is 0 Å². The van der Waals surface area contributed by atoms with Crippen LogP contribution in [0.3, 0.4) is 0 Å². The number of benzene rings is 1. The van der Waals surface area contributed by atoms with Crippen molar-refractivity contribution in [1.82, 2.24) is 10.3 Å². The maximum Gasteiger partial charge on any atom is 0.417 e. The standard InChI is InChI=1S/C20H19Br2Cl2F3N2O2/c21-16-9-15(30-8-5-18(23)24)10-17(22)19(16)31-7-2-1-6-28-12-14-4-3-13(11-29-14)20(25,26)27/h3-5,9-11,28H,1-2,6-8,12H2. The first-order chi connectivity index (χ1) is 14.7. The number of alkyl halides is 3. The number of rotatable bonds is 11. The number of pyridine rings is 1. The normalized spacial score (nSPS) is 11.3. The van der Waals surface area contributed by atoms with Gasteiger partial charge in [0.2, 0.25) is 0 Å². The highest BCUT2D eigenvalue weighted by Crippen LogP contribution is 2.37. The van der Waals surface area contributed by atoms with Gasteiger partial charge in [0.15, 0.2) is 0 Å². The zero-order valence-electron chi connectivity index (χ0n) is 16.1. The van der Waals surface area contributed by atoms with E-state index in [1.165, 1.54) is 12.1 Å². The molecule has 0 spiro atoms. The molecule has 0 radical (unpaired) electrons. The molecule has 0 saturated carbocycles. The molecule has 4 nitrogen and oxygen atoms in total. The van der Waals surface area contributed by atoms with Crippen LogP contribution in [0.4, 0.5) is 13.2 Å². The van der Waals surface area contributed by atoms with Gasteiger partial charge in [-0.1, -0.05) is 23.2 Å². The largest absolute Gasteiger partial charge is 0.491 e. The van der Waals surface area contributed by atoms with Crippen molar-refractivity contribution in [3.63, 3.8) is 0 Å². The van der Waals surface area contributed by atoms with Crippen LogP contribution in [0, 0.1) is 0 Å². The van der Waals surface area contributed by atoms with E-state index in [0.29, 0.717) is 36.9 Å². The number of hydrogen-bond acceptors (Lipinski definition) is 4. The maximum absolute atomic E-state index is 12.5. The van der Waals surface area contributed by atoms with E-state index in [4.69, 9.17) is 32.7 Å². The van der Waals surface area contributed by atoms with E-state index in [1.54, 1.807) is 12.1 Å². The van der Waals surface area contributed by atoms with Crippen molar-refractivity contribution in [2.24, 2.45) is 0 Å². The molecule has 0 bridgehead atoms. The van der Waals surface area contributed by atoms with Crippen molar-refractivity contribution in [1.29, 1.82) is 0 Å². The topological polar surface area (TPSA) is 43.4 Å². The first kappa shape index (κ1) is 26.3. The average molecular weight is 607 g/mol. The van der Waals surface area contributed by atoms with E-state index < -0.39 is 11.7 Å². The van der Waals surface area contributed by atoms with E-state index in [9.17, 15) is 13.2 Å². The molecule has 0 aliphatic carbocycles. The summed E-state index contributed by atoms with van der Waals surface area (Å²) < 4.78 is 50.5. The molecule has 0 aliphatic heterocycles. The molecule has 1 heterocycles. The van der Waals surface area contributed by atoms with Crippen LogP contribution < -0.4 is 14.8 Å². The van der Waals surface area contributed by atoms with Crippen LogP contribution in [0.2, 0.25) is 0 Å². The molecule has 0 atom stereocenters. The molecule has 31 heavy (non-hydrogen) atoms. The number of nitrogens with one attached hydrogen (secondary N) is 1. The number of hydrogen-bond donors (Lipinski definition) is 1. The van der Waals surface area contributed by atoms with Gasteiger partial charge in [0, 0.05) is 12.7 Å². The summed E-state index contributed by atoms with van der Waals surface area (Å²) in [5, 5.41) is 3.16. The third-order valence-corrected chi connectivity index (χ3v) is 5.40. The molecule has 0 saturated heterocycles. The summed E-state index contributed by atoms with van der Waals surface area (Å²) in [7, 11) is 0. The number of ether oxygens (including phenoxy) is 2. The second-order valence-corrected chi connectivity index (χ2v) is 9.01.